The summed E-state index contributed by atoms with van der Waals surface area (Å²) in [5.74, 6) is -0.00825. The maximum Gasteiger partial charge on any atom is 0.508 e. The van der Waals surface area contributed by atoms with Gasteiger partial charge in [0.2, 0.25) is 0 Å². The molecule has 2 fully saturated rings. The summed E-state index contributed by atoms with van der Waals surface area (Å²) in [6, 6.07) is 2.37. The molecule has 2 atom stereocenters. The first-order valence-corrected chi connectivity index (χ1v) is 15.2. The van der Waals surface area contributed by atoms with Crippen molar-refractivity contribution in [2.45, 2.75) is 64.0 Å². The van der Waals surface area contributed by atoms with Gasteiger partial charge in [-0.05, 0) is 82.7 Å². The van der Waals surface area contributed by atoms with E-state index >= 15 is 4.39 Å². The first-order chi connectivity index (χ1) is 21.0. The third kappa shape index (κ3) is 5.32. The normalized spacial score (nSPS) is 21.7. The number of likely N-dealkylation sites (tertiary alicyclic amines) is 1. The smallest absolute Gasteiger partial charge is 0.462 e. The number of halogens is 1. The number of rotatable bonds is 3. The molecule has 4 aromatic rings. The molecule has 0 spiro atoms. The van der Waals surface area contributed by atoms with Crippen molar-refractivity contribution in [3.63, 3.8) is 0 Å². The van der Waals surface area contributed by atoms with E-state index in [-0.39, 0.29) is 36.0 Å². The molecule has 3 aromatic heterocycles. The molecular weight excluding hydrogens is 553 g/mol. The van der Waals surface area contributed by atoms with E-state index in [1.54, 1.807) is 12.4 Å². The van der Waals surface area contributed by atoms with E-state index in [0.717, 1.165) is 54.3 Å². The van der Waals surface area contributed by atoms with Gasteiger partial charge in [0, 0.05) is 29.7 Å². The van der Waals surface area contributed by atoms with Gasteiger partial charge in [0.1, 0.15) is 29.7 Å². The summed E-state index contributed by atoms with van der Waals surface area (Å²) in [5.41, 5.74) is 3.67. The maximum atomic E-state index is 16.9. The first kappa shape index (κ1) is 27.8. The molecule has 0 unspecified atom stereocenters. The van der Waals surface area contributed by atoms with Crippen molar-refractivity contribution < 1.29 is 23.4 Å². The van der Waals surface area contributed by atoms with E-state index in [1.165, 1.54) is 0 Å². The second kappa shape index (κ2) is 11.6. The number of aromatic amines is 1. The van der Waals surface area contributed by atoms with E-state index in [1.807, 2.05) is 17.9 Å². The van der Waals surface area contributed by atoms with Gasteiger partial charge in [0.25, 0.3) is 0 Å². The highest BCUT2D eigenvalue weighted by Gasteiger charge is 2.29. The number of carbonyl (C=O) groups excluding carboxylic acids is 1. The molecule has 11 nitrogen and oxygen atoms in total. The van der Waals surface area contributed by atoms with Crippen LogP contribution in [-0.4, -0.2) is 88.2 Å². The number of pyridine rings is 1. The molecule has 6 bridgehead atoms. The maximum absolute atomic E-state index is 16.9. The molecule has 1 aromatic carbocycles. The summed E-state index contributed by atoms with van der Waals surface area (Å²) in [6.07, 6.45) is 7.96. The quantitative estimate of drug-likeness (QED) is 0.329. The predicted octanol–water partition coefficient (Wildman–Crippen LogP) is 4.95. The molecule has 8 rings (SSSR count). The summed E-state index contributed by atoms with van der Waals surface area (Å²) >= 11 is 0. The molecule has 7 heterocycles. The van der Waals surface area contributed by atoms with E-state index in [0.29, 0.717) is 55.7 Å². The van der Waals surface area contributed by atoms with Crippen LogP contribution in [0.1, 0.15) is 49.7 Å². The van der Waals surface area contributed by atoms with Crippen LogP contribution in [0.5, 0.6) is 6.01 Å². The van der Waals surface area contributed by atoms with Crippen molar-refractivity contribution in [2.24, 2.45) is 0 Å². The van der Waals surface area contributed by atoms with Gasteiger partial charge < -0.3 is 24.0 Å². The molecule has 226 valence electrons. The lowest BCUT2D eigenvalue weighted by molar-refractivity contribution is 0.0234. The lowest BCUT2D eigenvalue weighted by atomic mass is 9.92. The summed E-state index contributed by atoms with van der Waals surface area (Å²) in [6.45, 7) is 4.65. The number of hydrogen-bond donors (Lipinski definition) is 1. The van der Waals surface area contributed by atoms with Gasteiger partial charge in [-0.2, -0.15) is 15.1 Å². The van der Waals surface area contributed by atoms with Crippen molar-refractivity contribution in [1.82, 2.24) is 30.0 Å². The number of likely N-dealkylation sites (N-methyl/N-ethyl adjacent to an activating group) is 1. The van der Waals surface area contributed by atoms with Crippen LogP contribution in [0.2, 0.25) is 0 Å². The highest BCUT2D eigenvalue weighted by Crippen LogP contribution is 2.38. The van der Waals surface area contributed by atoms with Gasteiger partial charge in [-0.25, -0.2) is 9.18 Å². The SMILES string of the molecule is Cc1cc2[nH]ncc2c2c1CCCOC(=O)O[C@@H]1CCCCN(C1)c1nc(OC[C@@H]3CCCN3C)nc3c(F)c-2ncc13. The minimum atomic E-state index is -0.672. The lowest BCUT2D eigenvalue weighted by Gasteiger charge is -2.27. The van der Waals surface area contributed by atoms with Crippen LogP contribution in [-0.2, 0) is 15.9 Å². The minimum Gasteiger partial charge on any atom is -0.462 e. The van der Waals surface area contributed by atoms with Crippen molar-refractivity contribution in [2.75, 3.05) is 44.8 Å². The van der Waals surface area contributed by atoms with Crippen LogP contribution in [0.25, 0.3) is 33.1 Å². The highest BCUT2D eigenvalue weighted by molar-refractivity contribution is 5.99. The van der Waals surface area contributed by atoms with Crippen LogP contribution >= 0.6 is 0 Å². The van der Waals surface area contributed by atoms with Gasteiger partial charge in [-0.3, -0.25) is 10.1 Å². The number of benzene rings is 1. The largest absolute Gasteiger partial charge is 0.508 e. The second-order valence-electron chi connectivity index (χ2n) is 11.9. The molecular formula is C31H36FN7O4. The summed E-state index contributed by atoms with van der Waals surface area (Å²) in [5, 5.41) is 8.50. The van der Waals surface area contributed by atoms with E-state index in [9.17, 15) is 4.79 Å². The third-order valence-corrected chi connectivity index (χ3v) is 9.02. The number of aryl methyl sites for hydroxylation is 1. The Morgan fingerprint density at radius 2 is 2.02 bits per heavy atom. The number of nitrogens with zero attached hydrogens (tertiary/aromatic N) is 6. The van der Waals surface area contributed by atoms with E-state index < -0.39 is 12.0 Å². The van der Waals surface area contributed by atoms with Crippen LogP contribution in [0.3, 0.4) is 0 Å². The highest BCUT2D eigenvalue weighted by atomic mass is 19.1. The molecule has 4 aliphatic heterocycles. The van der Waals surface area contributed by atoms with Crippen molar-refractivity contribution >= 4 is 33.8 Å². The van der Waals surface area contributed by atoms with Crippen LogP contribution < -0.4 is 9.64 Å². The zero-order chi connectivity index (χ0) is 29.5. The lowest BCUT2D eigenvalue weighted by Crippen LogP contribution is -2.35. The van der Waals surface area contributed by atoms with Crippen molar-refractivity contribution in [3.05, 3.63) is 35.4 Å². The zero-order valence-electron chi connectivity index (χ0n) is 24.6. The Morgan fingerprint density at radius 3 is 2.88 bits per heavy atom. The van der Waals surface area contributed by atoms with E-state index in [2.05, 4.69) is 27.1 Å². The molecule has 0 amide bonds. The number of nitrogens with one attached hydrogen (secondary N) is 1. The standard InChI is InChI=1S/C31H36FN7O4/c1-18-13-24-22(15-34-37-24)25-21(18)9-6-12-41-31(40)43-20-8-3-4-11-39(16-20)29-23-14-33-28(25)26(32)27(23)35-30(36-29)42-17-19-7-5-10-38(19)2/h13-15,19-20H,3-12,16-17H2,1-2H3,(H,34,37)/t19-,20+/m0/s1. The second-order valence-corrected chi connectivity index (χ2v) is 11.9. The summed E-state index contributed by atoms with van der Waals surface area (Å²) in [4.78, 5) is 31.2. The molecule has 4 aliphatic rings. The number of hydrogen-bond acceptors (Lipinski definition) is 10. The molecule has 0 radical (unpaired) electrons. The molecule has 0 saturated carbocycles. The monoisotopic (exact) mass is 589 g/mol. The average molecular weight is 590 g/mol. The van der Waals surface area contributed by atoms with Gasteiger partial charge in [0.15, 0.2) is 5.82 Å². The predicted molar refractivity (Wildman–Crippen MR) is 159 cm³/mol. The number of H-pyrrole nitrogens is 1. The van der Waals surface area contributed by atoms with Crippen LogP contribution in [0, 0.1) is 12.7 Å². The Morgan fingerprint density at radius 1 is 1.12 bits per heavy atom. The number of fused-ring (bicyclic) bond motifs is 7. The molecule has 43 heavy (non-hydrogen) atoms. The summed E-state index contributed by atoms with van der Waals surface area (Å²) in [7, 11) is 2.08. The van der Waals surface area contributed by atoms with Crippen LogP contribution in [0.4, 0.5) is 15.0 Å². The fourth-order valence-electron chi connectivity index (χ4n) is 6.69. The number of ether oxygens (including phenoxy) is 3. The first-order valence-electron chi connectivity index (χ1n) is 15.2. The van der Waals surface area contributed by atoms with Crippen LogP contribution in [0.15, 0.2) is 18.5 Å². The molecule has 0 aliphatic carbocycles. The fourth-order valence-corrected chi connectivity index (χ4v) is 6.69. The van der Waals surface area contributed by atoms with Crippen molar-refractivity contribution in [3.8, 4) is 17.3 Å². The fraction of sp³-hybridized carbons (Fsp3) is 0.516. The Kier molecular flexibility index (Phi) is 7.46. The Hall–Kier alpha value is -4.06. The number of anilines is 1. The molecule has 2 saturated heterocycles. The van der Waals surface area contributed by atoms with Gasteiger partial charge in [0.05, 0.1) is 30.3 Å². The third-order valence-electron chi connectivity index (χ3n) is 9.02. The van der Waals surface area contributed by atoms with Crippen molar-refractivity contribution in [1.29, 1.82) is 0 Å². The summed E-state index contributed by atoms with van der Waals surface area (Å²) < 4.78 is 34.3. The Balaban J connectivity index is 1.42. The Labute approximate surface area is 248 Å². The van der Waals surface area contributed by atoms with Gasteiger partial charge in [-0.1, -0.05) is 0 Å². The van der Waals surface area contributed by atoms with Gasteiger partial charge >= 0.3 is 12.2 Å². The zero-order valence-corrected chi connectivity index (χ0v) is 24.6. The number of aromatic nitrogens is 5. The minimum absolute atomic E-state index is 0.124. The molecule has 1 N–H and O–H groups in total. The average Bonchev–Trinajstić information content (AvgIpc) is 3.56. The van der Waals surface area contributed by atoms with Gasteiger partial charge in [-0.15, -0.1) is 0 Å². The van der Waals surface area contributed by atoms with E-state index in [4.69, 9.17) is 24.2 Å². The topological polar surface area (TPSA) is 119 Å². The number of carbonyl (C=O) groups is 1. The molecule has 12 heteroatoms. The Bertz CT molecular complexity index is 1680.